The number of rotatable bonds is 3. The standard InChI is InChI=1S/C17H19N3S/c1-5-21-13-6-7-16-14(9-13)11(2)8-17(18-16)15-10-20(4)19-12(15)3/h6-10H,5H2,1-4H3. The first-order valence-corrected chi connectivity index (χ1v) is 8.12. The Bertz CT molecular complexity index is 805. The van der Waals surface area contributed by atoms with Gasteiger partial charge in [-0.25, -0.2) is 4.98 Å². The second kappa shape index (κ2) is 5.53. The zero-order chi connectivity index (χ0) is 15.0. The average Bonchev–Trinajstić information content (AvgIpc) is 2.78. The maximum atomic E-state index is 4.82. The molecule has 0 N–H and O–H groups in total. The number of aromatic nitrogens is 3. The van der Waals surface area contributed by atoms with Gasteiger partial charge in [-0.3, -0.25) is 4.68 Å². The number of hydrogen-bond acceptors (Lipinski definition) is 3. The Hall–Kier alpha value is -1.81. The zero-order valence-electron chi connectivity index (χ0n) is 12.8. The summed E-state index contributed by atoms with van der Waals surface area (Å²) in [6.45, 7) is 6.35. The van der Waals surface area contributed by atoms with Crippen LogP contribution in [0.3, 0.4) is 0 Å². The molecule has 2 heterocycles. The van der Waals surface area contributed by atoms with Gasteiger partial charge < -0.3 is 0 Å². The first kappa shape index (κ1) is 14.1. The Morgan fingerprint density at radius 1 is 1.19 bits per heavy atom. The van der Waals surface area contributed by atoms with Crippen molar-refractivity contribution in [3.63, 3.8) is 0 Å². The van der Waals surface area contributed by atoms with Gasteiger partial charge in [0.15, 0.2) is 0 Å². The van der Waals surface area contributed by atoms with Crippen LogP contribution in [-0.2, 0) is 7.05 Å². The number of pyridine rings is 1. The van der Waals surface area contributed by atoms with Gasteiger partial charge in [0.05, 0.1) is 16.9 Å². The highest BCUT2D eigenvalue weighted by Gasteiger charge is 2.10. The molecule has 4 heteroatoms. The van der Waals surface area contributed by atoms with E-state index in [-0.39, 0.29) is 0 Å². The Morgan fingerprint density at radius 3 is 2.67 bits per heavy atom. The van der Waals surface area contributed by atoms with E-state index in [2.05, 4.69) is 43.2 Å². The van der Waals surface area contributed by atoms with Crippen LogP contribution in [0.1, 0.15) is 18.2 Å². The molecule has 3 rings (SSSR count). The van der Waals surface area contributed by atoms with Crippen LogP contribution >= 0.6 is 11.8 Å². The maximum Gasteiger partial charge on any atom is 0.0746 e. The number of nitrogens with zero attached hydrogens (tertiary/aromatic N) is 3. The van der Waals surface area contributed by atoms with E-state index in [0.717, 1.165) is 28.2 Å². The van der Waals surface area contributed by atoms with Crippen LogP contribution in [-0.4, -0.2) is 20.5 Å². The molecule has 0 unspecified atom stereocenters. The van der Waals surface area contributed by atoms with E-state index >= 15 is 0 Å². The molecule has 0 atom stereocenters. The van der Waals surface area contributed by atoms with Crippen LogP contribution in [0, 0.1) is 13.8 Å². The van der Waals surface area contributed by atoms with Crippen LogP contribution in [0.4, 0.5) is 0 Å². The van der Waals surface area contributed by atoms with E-state index in [1.807, 2.05) is 36.6 Å². The summed E-state index contributed by atoms with van der Waals surface area (Å²) >= 11 is 1.86. The van der Waals surface area contributed by atoms with E-state index < -0.39 is 0 Å². The highest BCUT2D eigenvalue weighted by Crippen LogP contribution is 2.29. The summed E-state index contributed by atoms with van der Waals surface area (Å²) in [5.74, 6) is 1.09. The quantitative estimate of drug-likeness (QED) is 0.673. The smallest absolute Gasteiger partial charge is 0.0746 e. The third-order valence-corrected chi connectivity index (χ3v) is 4.46. The van der Waals surface area contributed by atoms with E-state index in [0.29, 0.717) is 0 Å². The fourth-order valence-electron chi connectivity index (χ4n) is 2.62. The fourth-order valence-corrected chi connectivity index (χ4v) is 3.32. The van der Waals surface area contributed by atoms with Gasteiger partial charge in [-0.15, -0.1) is 11.8 Å². The van der Waals surface area contributed by atoms with Crippen molar-refractivity contribution in [1.82, 2.24) is 14.8 Å². The molecule has 2 aromatic heterocycles. The first-order valence-electron chi connectivity index (χ1n) is 7.13. The van der Waals surface area contributed by atoms with Gasteiger partial charge >= 0.3 is 0 Å². The van der Waals surface area contributed by atoms with Gasteiger partial charge in [-0.1, -0.05) is 6.92 Å². The predicted octanol–water partition coefficient (Wildman–Crippen LogP) is 4.36. The molecule has 0 saturated heterocycles. The monoisotopic (exact) mass is 297 g/mol. The zero-order valence-corrected chi connectivity index (χ0v) is 13.7. The number of hydrogen-bond donors (Lipinski definition) is 0. The molecule has 3 aromatic rings. The van der Waals surface area contributed by atoms with E-state index in [1.165, 1.54) is 15.8 Å². The Labute approximate surface area is 129 Å². The molecule has 0 aliphatic rings. The Balaban J connectivity index is 2.15. The molecule has 0 radical (unpaired) electrons. The molecule has 0 amide bonds. The minimum Gasteiger partial charge on any atom is -0.275 e. The third-order valence-electron chi connectivity index (χ3n) is 3.59. The molecule has 108 valence electrons. The van der Waals surface area contributed by atoms with Gasteiger partial charge in [-0.2, -0.15) is 5.10 Å². The van der Waals surface area contributed by atoms with Crippen molar-refractivity contribution in [2.45, 2.75) is 25.7 Å². The molecule has 1 aromatic carbocycles. The molecule has 0 bridgehead atoms. The topological polar surface area (TPSA) is 30.7 Å². The SMILES string of the molecule is CCSc1ccc2nc(-c3cn(C)nc3C)cc(C)c2c1. The minimum atomic E-state index is 1.00. The Morgan fingerprint density at radius 2 is 2.00 bits per heavy atom. The third kappa shape index (κ3) is 2.68. The lowest BCUT2D eigenvalue weighted by Crippen LogP contribution is -1.90. The Kier molecular flexibility index (Phi) is 3.72. The lowest BCUT2D eigenvalue weighted by Gasteiger charge is -2.08. The normalized spacial score (nSPS) is 11.2. The highest BCUT2D eigenvalue weighted by molar-refractivity contribution is 7.99. The van der Waals surface area contributed by atoms with Crippen LogP contribution in [0.5, 0.6) is 0 Å². The molecule has 3 nitrogen and oxygen atoms in total. The average molecular weight is 297 g/mol. The van der Waals surface area contributed by atoms with Crippen molar-refractivity contribution in [3.05, 3.63) is 41.7 Å². The van der Waals surface area contributed by atoms with Gasteiger partial charge in [-0.05, 0) is 49.4 Å². The second-order valence-electron chi connectivity index (χ2n) is 5.24. The summed E-state index contributed by atoms with van der Waals surface area (Å²) in [5.41, 5.74) is 5.43. The van der Waals surface area contributed by atoms with Gasteiger partial charge in [0.2, 0.25) is 0 Å². The van der Waals surface area contributed by atoms with Crippen molar-refractivity contribution < 1.29 is 0 Å². The number of aryl methyl sites for hydroxylation is 3. The number of thioether (sulfide) groups is 1. The maximum absolute atomic E-state index is 4.82. The highest BCUT2D eigenvalue weighted by atomic mass is 32.2. The molecule has 0 saturated carbocycles. The van der Waals surface area contributed by atoms with Crippen LogP contribution in [0.25, 0.3) is 22.2 Å². The summed E-state index contributed by atoms with van der Waals surface area (Å²) in [6, 6.07) is 8.68. The largest absolute Gasteiger partial charge is 0.275 e. The van der Waals surface area contributed by atoms with Crippen molar-refractivity contribution in [2.24, 2.45) is 7.05 Å². The van der Waals surface area contributed by atoms with Crippen LogP contribution < -0.4 is 0 Å². The summed E-state index contributed by atoms with van der Waals surface area (Å²) in [7, 11) is 1.94. The molecule has 0 fully saturated rings. The van der Waals surface area contributed by atoms with Gasteiger partial charge in [0.25, 0.3) is 0 Å². The van der Waals surface area contributed by atoms with Gasteiger partial charge in [0.1, 0.15) is 0 Å². The lowest BCUT2D eigenvalue weighted by atomic mass is 10.1. The molecule has 21 heavy (non-hydrogen) atoms. The molecular weight excluding hydrogens is 278 g/mol. The predicted molar refractivity (Wildman–Crippen MR) is 89.8 cm³/mol. The molecule has 0 spiro atoms. The van der Waals surface area contributed by atoms with E-state index in [4.69, 9.17) is 4.98 Å². The van der Waals surface area contributed by atoms with Gasteiger partial charge in [0, 0.05) is 29.1 Å². The van der Waals surface area contributed by atoms with Crippen molar-refractivity contribution in [3.8, 4) is 11.3 Å². The second-order valence-corrected chi connectivity index (χ2v) is 6.58. The van der Waals surface area contributed by atoms with Crippen molar-refractivity contribution >= 4 is 22.7 Å². The summed E-state index contributed by atoms with van der Waals surface area (Å²) in [5, 5.41) is 5.64. The minimum absolute atomic E-state index is 1.00. The van der Waals surface area contributed by atoms with E-state index in [9.17, 15) is 0 Å². The van der Waals surface area contributed by atoms with Crippen LogP contribution in [0.2, 0.25) is 0 Å². The lowest BCUT2D eigenvalue weighted by molar-refractivity contribution is 0.756. The van der Waals surface area contributed by atoms with Crippen LogP contribution in [0.15, 0.2) is 35.4 Å². The summed E-state index contributed by atoms with van der Waals surface area (Å²) in [6.07, 6.45) is 2.03. The van der Waals surface area contributed by atoms with Crippen molar-refractivity contribution in [1.29, 1.82) is 0 Å². The summed E-state index contributed by atoms with van der Waals surface area (Å²) in [4.78, 5) is 6.12. The van der Waals surface area contributed by atoms with Crippen molar-refractivity contribution in [2.75, 3.05) is 5.75 Å². The number of fused-ring (bicyclic) bond motifs is 1. The molecule has 0 aliphatic heterocycles. The number of benzene rings is 1. The summed E-state index contributed by atoms with van der Waals surface area (Å²) < 4.78 is 1.84. The molecule has 0 aliphatic carbocycles. The first-order chi connectivity index (χ1) is 10.1. The van der Waals surface area contributed by atoms with E-state index in [1.54, 1.807) is 0 Å². The molecular formula is C17H19N3S. The fraction of sp³-hybridized carbons (Fsp3) is 0.294.